The molecule has 0 spiro atoms. The van der Waals surface area contributed by atoms with Crippen LogP contribution in [0.4, 0.5) is 0 Å². The lowest BCUT2D eigenvalue weighted by molar-refractivity contribution is 0.440. The standard InChI is InChI=1S/C14H22N4/c1-2-11(10-17-14-8-5-9-16-14)12-6-3-4-7-13(15)18-12/h1,11-12H,3-10H2,(H2,15,18)(H,16,17). The topological polar surface area (TPSA) is 60.3 Å². The fourth-order valence-corrected chi connectivity index (χ4v) is 2.56. The van der Waals surface area contributed by atoms with Crippen molar-refractivity contribution in [3.8, 4) is 12.3 Å². The van der Waals surface area contributed by atoms with Gasteiger partial charge >= 0.3 is 0 Å². The molecule has 18 heavy (non-hydrogen) atoms. The van der Waals surface area contributed by atoms with Crippen molar-refractivity contribution < 1.29 is 0 Å². The van der Waals surface area contributed by atoms with Crippen molar-refractivity contribution in [2.45, 2.75) is 44.6 Å². The van der Waals surface area contributed by atoms with Gasteiger partial charge in [0.2, 0.25) is 0 Å². The Labute approximate surface area is 109 Å². The van der Waals surface area contributed by atoms with Crippen molar-refractivity contribution in [1.82, 2.24) is 10.6 Å². The Bertz CT molecular complexity index is 366. The highest BCUT2D eigenvalue weighted by molar-refractivity contribution is 5.83. The number of hydrogen-bond acceptors (Lipinski definition) is 3. The highest BCUT2D eigenvalue weighted by Gasteiger charge is 2.22. The van der Waals surface area contributed by atoms with Gasteiger partial charge in [-0.3, -0.25) is 10.4 Å². The summed E-state index contributed by atoms with van der Waals surface area (Å²) in [5.41, 5.74) is 0. The third-order valence-electron chi connectivity index (χ3n) is 3.65. The molecule has 2 heterocycles. The predicted octanol–water partition coefficient (Wildman–Crippen LogP) is 1.53. The van der Waals surface area contributed by atoms with Crippen LogP contribution >= 0.6 is 0 Å². The molecule has 0 bridgehead atoms. The quantitative estimate of drug-likeness (QED) is 0.661. The summed E-state index contributed by atoms with van der Waals surface area (Å²) in [6.45, 7) is 1.70. The number of hydrogen-bond donors (Lipinski definition) is 3. The molecule has 0 aromatic heterocycles. The summed E-state index contributed by atoms with van der Waals surface area (Å²) >= 11 is 0. The van der Waals surface area contributed by atoms with Crippen LogP contribution < -0.4 is 10.6 Å². The zero-order valence-corrected chi connectivity index (χ0v) is 10.8. The van der Waals surface area contributed by atoms with Gasteiger partial charge in [0, 0.05) is 32.0 Å². The molecule has 0 aliphatic carbocycles. The van der Waals surface area contributed by atoms with Gasteiger partial charge in [0.1, 0.15) is 0 Å². The maximum atomic E-state index is 7.80. The normalized spacial score (nSPS) is 25.6. The van der Waals surface area contributed by atoms with Crippen LogP contribution in [-0.2, 0) is 0 Å². The van der Waals surface area contributed by atoms with E-state index in [1.165, 1.54) is 0 Å². The van der Waals surface area contributed by atoms with E-state index in [4.69, 9.17) is 11.8 Å². The Kier molecular flexibility index (Phi) is 4.63. The Hall–Kier alpha value is -1.50. The van der Waals surface area contributed by atoms with Crippen LogP contribution in [0.1, 0.15) is 38.5 Å². The SMILES string of the molecule is C#CC(CNC1=NCCC1)C1CCCCC(=N)N1. The van der Waals surface area contributed by atoms with Crippen molar-refractivity contribution in [2.24, 2.45) is 10.9 Å². The molecular weight excluding hydrogens is 224 g/mol. The second-order valence-corrected chi connectivity index (χ2v) is 5.06. The van der Waals surface area contributed by atoms with E-state index in [1.807, 2.05) is 0 Å². The van der Waals surface area contributed by atoms with Crippen molar-refractivity contribution in [3.63, 3.8) is 0 Å². The summed E-state index contributed by atoms with van der Waals surface area (Å²) in [4.78, 5) is 4.39. The van der Waals surface area contributed by atoms with Gasteiger partial charge < -0.3 is 10.6 Å². The van der Waals surface area contributed by atoms with Crippen molar-refractivity contribution in [3.05, 3.63) is 0 Å². The van der Waals surface area contributed by atoms with Crippen molar-refractivity contribution in [2.75, 3.05) is 13.1 Å². The van der Waals surface area contributed by atoms with E-state index in [0.717, 1.165) is 57.5 Å². The summed E-state index contributed by atoms with van der Waals surface area (Å²) in [7, 11) is 0. The number of nitrogens with one attached hydrogen (secondary N) is 3. The van der Waals surface area contributed by atoms with Gasteiger partial charge in [-0.25, -0.2) is 0 Å². The third kappa shape index (κ3) is 3.49. The van der Waals surface area contributed by atoms with Gasteiger partial charge in [-0.15, -0.1) is 6.42 Å². The number of terminal acetylenes is 1. The van der Waals surface area contributed by atoms with E-state index < -0.39 is 0 Å². The summed E-state index contributed by atoms with van der Waals surface area (Å²) in [5, 5.41) is 14.4. The Morgan fingerprint density at radius 3 is 3.06 bits per heavy atom. The van der Waals surface area contributed by atoms with Crippen LogP contribution in [0.5, 0.6) is 0 Å². The first-order chi connectivity index (χ1) is 8.79. The minimum absolute atomic E-state index is 0.131. The molecule has 1 fully saturated rings. The second-order valence-electron chi connectivity index (χ2n) is 5.06. The van der Waals surface area contributed by atoms with Gasteiger partial charge in [0.15, 0.2) is 0 Å². The maximum absolute atomic E-state index is 7.80. The van der Waals surface area contributed by atoms with Crippen LogP contribution in [-0.4, -0.2) is 30.8 Å². The zero-order valence-electron chi connectivity index (χ0n) is 10.8. The predicted molar refractivity (Wildman–Crippen MR) is 75.0 cm³/mol. The maximum Gasteiger partial charge on any atom is 0.0964 e. The molecule has 2 atom stereocenters. The molecule has 0 radical (unpaired) electrons. The van der Waals surface area contributed by atoms with Crippen molar-refractivity contribution >= 4 is 11.7 Å². The molecular formula is C14H22N4. The molecule has 0 aromatic rings. The van der Waals surface area contributed by atoms with Crippen LogP contribution in [0.3, 0.4) is 0 Å². The van der Waals surface area contributed by atoms with Gasteiger partial charge in [0.05, 0.1) is 17.6 Å². The molecule has 2 rings (SSSR count). The summed E-state index contributed by atoms with van der Waals surface area (Å²) < 4.78 is 0. The molecule has 98 valence electrons. The second kappa shape index (κ2) is 6.44. The highest BCUT2D eigenvalue weighted by atomic mass is 15.0. The molecule has 2 aliphatic rings. The minimum atomic E-state index is 0.131. The molecule has 1 saturated heterocycles. The average molecular weight is 246 g/mol. The highest BCUT2D eigenvalue weighted by Crippen LogP contribution is 2.16. The summed E-state index contributed by atoms with van der Waals surface area (Å²) in [6.07, 6.45) is 12.0. The Balaban J connectivity index is 1.86. The molecule has 2 unspecified atom stereocenters. The fraction of sp³-hybridized carbons (Fsp3) is 0.714. The molecule has 0 aromatic carbocycles. The fourth-order valence-electron chi connectivity index (χ4n) is 2.56. The molecule has 3 N–H and O–H groups in total. The molecule has 0 saturated carbocycles. The van der Waals surface area contributed by atoms with E-state index in [0.29, 0.717) is 5.84 Å². The number of amidine groups is 2. The first kappa shape index (κ1) is 12.9. The minimum Gasteiger partial charge on any atom is -0.373 e. The monoisotopic (exact) mass is 246 g/mol. The van der Waals surface area contributed by atoms with Crippen molar-refractivity contribution in [1.29, 1.82) is 5.41 Å². The Morgan fingerprint density at radius 2 is 2.33 bits per heavy atom. The van der Waals surface area contributed by atoms with E-state index in [1.54, 1.807) is 0 Å². The number of rotatable bonds is 3. The summed E-state index contributed by atoms with van der Waals surface area (Å²) in [5.74, 6) is 4.73. The van der Waals surface area contributed by atoms with E-state index in [2.05, 4.69) is 21.5 Å². The van der Waals surface area contributed by atoms with Gasteiger partial charge in [-0.2, -0.15) is 0 Å². The molecule has 0 amide bonds. The van der Waals surface area contributed by atoms with Crippen LogP contribution in [0.25, 0.3) is 0 Å². The first-order valence-corrected chi connectivity index (χ1v) is 6.87. The smallest absolute Gasteiger partial charge is 0.0964 e. The van der Waals surface area contributed by atoms with Crippen LogP contribution in [0.2, 0.25) is 0 Å². The zero-order chi connectivity index (χ0) is 12.8. The summed E-state index contributed by atoms with van der Waals surface area (Å²) in [6, 6.07) is 0.236. The van der Waals surface area contributed by atoms with Gasteiger partial charge in [0.25, 0.3) is 0 Å². The largest absolute Gasteiger partial charge is 0.373 e. The van der Waals surface area contributed by atoms with Crippen LogP contribution in [0, 0.1) is 23.7 Å². The van der Waals surface area contributed by atoms with Crippen LogP contribution in [0.15, 0.2) is 4.99 Å². The molecule has 4 heteroatoms. The first-order valence-electron chi connectivity index (χ1n) is 6.87. The Morgan fingerprint density at radius 1 is 1.44 bits per heavy atom. The lowest BCUT2D eigenvalue weighted by atomic mass is 9.96. The number of aliphatic imine (C=N–C) groups is 1. The molecule has 2 aliphatic heterocycles. The van der Waals surface area contributed by atoms with E-state index in [9.17, 15) is 0 Å². The van der Waals surface area contributed by atoms with Gasteiger partial charge in [-0.05, 0) is 19.3 Å². The van der Waals surface area contributed by atoms with Gasteiger partial charge in [-0.1, -0.05) is 12.3 Å². The lowest BCUT2D eigenvalue weighted by Crippen LogP contribution is -2.43. The number of nitrogens with zero attached hydrogens (tertiary/aromatic N) is 1. The van der Waals surface area contributed by atoms with E-state index in [-0.39, 0.29) is 12.0 Å². The average Bonchev–Trinajstić information content (AvgIpc) is 2.79. The molecule has 4 nitrogen and oxygen atoms in total. The lowest BCUT2D eigenvalue weighted by Gasteiger charge is -2.24. The van der Waals surface area contributed by atoms with E-state index >= 15 is 0 Å². The third-order valence-corrected chi connectivity index (χ3v) is 3.65.